The van der Waals surface area contributed by atoms with Gasteiger partial charge in [-0.25, -0.2) is 9.59 Å². The topological polar surface area (TPSA) is 160 Å². The summed E-state index contributed by atoms with van der Waals surface area (Å²) in [6.07, 6.45) is 1.27. The molecule has 4 N–H and O–H groups in total. The molecule has 3 rings (SSSR count). The van der Waals surface area contributed by atoms with Crippen LogP contribution in [0.5, 0.6) is 0 Å². The monoisotopic (exact) mass is 550 g/mol. The summed E-state index contributed by atoms with van der Waals surface area (Å²) in [7, 11) is -4.12. The molecule has 3 amide bonds. The van der Waals surface area contributed by atoms with Crippen molar-refractivity contribution in [1.29, 1.82) is 5.41 Å². The quantitative estimate of drug-likeness (QED) is 0.201. The van der Waals surface area contributed by atoms with Gasteiger partial charge in [0.2, 0.25) is 0 Å². The fourth-order valence-electron chi connectivity index (χ4n) is 3.66. The van der Waals surface area contributed by atoms with E-state index in [9.17, 15) is 22.8 Å². The second kappa shape index (κ2) is 12.4. The number of carbonyl (C=O) groups excluding carboxylic acids is 3. The molecule has 0 aliphatic rings. The van der Waals surface area contributed by atoms with Gasteiger partial charge in [0.25, 0.3) is 5.91 Å². The van der Waals surface area contributed by atoms with Crippen LogP contribution in [0.1, 0.15) is 46.5 Å². The molecule has 3 aromatic rings. The number of nitrogens with zero attached hydrogens (tertiary/aromatic N) is 1. The molecule has 0 saturated heterocycles. The number of amides is 3. The van der Waals surface area contributed by atoms with Crippen LogP contribution in [0.3, 0.4) is 0 Å². The molecule has 0 atom stereocenters. The minimum Gasteiger partial charge on any atom is -0.384 e. The van der Waals surface area contributed by atoms with Crippen LogP contribution in [0.4, 0.5) is 10.5 Å². The number of hydrogen-bond donors (Lipinski definition) is 3. The Morgan fingerprint density at radius 2 is 1.59 bits per heavy atom. The van der Waals surface area contributed by atoms with Gasteiger partial charge in [-0.2, -0.15) is 8.42 Å². The number of rotatable bonds is 9. The van der Waals surface area contributed by atoms with Crippen LogP contribution in [-0.4, -0.2) is 49.9 Å². The number of nitrogen functional groups attached to an aromatic ring is 1. The molecule has 0 aliphatic heterocycles. The largest absolute Gasteiger partial charge is 0.384 e. The predicted octanol–water partition coefficient (Wildman–Crippen LogP) is 4.47. The lowest BCUT2D eigenvalue weighted by Crippen LogP contribution is -2.41. The van der Waals surface area contributed by atoms with Gasteiger partial charge in [0.05, 0.1) is 11.8 Å². The summed E-state index contributed by atoms with van der Waals surface area (Å²) < 4.78 is 28.0. The molecule has 0 aliphatic carbocycles. The van der Waals surface area contributed by atoms with Crippen LogP contribution in [-0.2, 0) is 14.3 Å². The van der Waals surface area contributed by atoms with Crippen LogP contribution in [0.25, 0.3) is 11.1 Å². The fourth-order valence-corrected chi connectivity index (χ4v) is 4.03. The van der Waals surface area contributed by atoms with Crippen LogP contribution >= 0.6 is 0 Å². The first kappa shape index (κ1) is 29.1. The van der Waals surface area contributed by atoms with Gasteiger partial charge in [0, 0.05) is 23.4 Å². The minimum absolute atomic E-state index is 0.000894. The number of carbonyl (C=O) groups is 3. The standard InChI is InChI=1S/C28H30N4O6S/c1-18(2)15-16-32(28(35)31-22-12-9-20(10-13-22)25(29)30)26(33)21-11-14-23(19-7-5-4-6-8-19)24(17-21)27(34)38-39(3,36)37/h4-14,17-18H,15-16H2,1-3H3,(H3,29,30)(H,31,35). The van der Waals surface area contributed by atoms with Gasteiger partial charge in [-0.05, 0) is 59.9 Å². The van der Waals surface area contributed by atoms with E-state index in [2.05, 4.69) is 9.50 Å². The molecule has 0 fully saturated rings. The highest BCUT2D eigenvalue weighted by Gasteiger charge is 2.26. The second-order valence-electron chi connectivity index (χ2n) is 9.26. The minimum atomic E-state index is -4.12. The summed E-state index contributed by atoms with van der Waals surface area (Å²) in [5.41, 5.74) is 7.19. The van der Waals surface area contributed by atoms with Gasteiger partial charge in [-0.15, -0.1) is 0 Å². The molecule has 11 heteroatoms. The third-order valence-corrected chi connectivity index (χ3v) is 6.12. The highest BCUT2D eigenvalue weighted by atomic mass is 32.2. The lowest BCUT2D eigenvalue weighted by atomic mass is 9.97. The maximum absolute atomic E-state index is 13.6. The van der Waals surface area contributed by atoms with E-state index >= 15 is 0 Å². The van der Waals surface area contributed by atoms with Crippen molar-refractivity contribution in [3.8, 4) is 11.1 Å². The smallest absolute Gasteiger partial charge is 0.354 e. The van der Waals surface area contributed by atoms with E-state index in [4.69, 9.17) is 11.1 Å². The van der Waals surface area contributed by atoms with Crippen LogP contribution in [0.15, 0.2) is 72.8 Å². The van der Waals surface area contributed by atoms with Gasteiger partial charge < -0.3 is 15.2 Å². The molecule has 0 bridgehead atoms. The Morgan fingerprint density at radius 3 is 2.15 bits per heavy atom. The normalized spacial score (nSPS) is 11.1. The third-order valence-electron chi connectivity index (χ3n) is 5.67. The lowest BCUT2D eigenvalue weighted by molar-refractivity contribution is 0.0749. The SMILES string of the molecule is CC(C)CCN(C(=O)Nc1ccc(C(=N)N)cc1)C(=O)c1ccc(-c2ccccc2)c(C(=O)OS(C)(=O)=O)c1. The molecular weight excluding hydrogens is 520 g/mol. The van der Waals surface area contributed by atoms with Crippen molar-refractivity contribution < 1.29 is 27.0 Å². The number of nitrogens with one attached hydrogen (secondary N) is 2. The maximum Gasteiger partial charge on any atom is 0.354 e. The van der Waals surface area contributed by atoms with Crippen molar-refractivity contribution in [2.45, 2.75) is 20.3 Å². The fraction of sp³-hybridized carbons (Fsp3) is 0.214. The zero-order valence-electron chi connectivity index (χ0n) is 21.8. The molecule has 0 spiro atoms. The zero-order chi connectivity index (χ0) is 28.7. The molecule has 204 valence electrons. The van der Waals surface area contributed by atoms with Crippen LogP contribution in [0, 0.1) is 11.3 Å². The first-order valence-corrected chi connectivity index (χ1v) is 13.9. The molecule has 0 radical (unpaired) electrons. The van der Waals surface area contributed by atoms with Gasteiger partial charge in [-0.1, -0.05) is 50.2 Å². The Labute approximate surface area is 227 Å². The molecule has 10 nitrogen and oxygen atoms in total. The van der Waals surface area contributed by atoms with Gasteiger partial charge >= 0.3 is 22.1 Å². The first-order valence-electron chi connectivity index (χ1n) is 12.1. The van der Waals surface area contributed by atoms with E-state index in [0.29, 0.717) is 28.8 Å². The first-order chi connectivity index (χ1) is 18.4. The molecule has 0 unspecified atom stereocenters. The Morgan fingerprint density at radius 1 is 0.974 bits per heavy atom. The number of benzene rings is 3. The maximum atomic E-state index is 13.6. The third kappa shape index (κ3) is 7.99. The average Bonchev–Trinajstić information content (AvgIpc) is 2.88. The van der Waals surface area contributed by atoms with Crippen molar-refractivity contribution in [1.82, 2.24) is 4.90 Å². The summed E-state index contributed by atoms with van der Waals surface area (Å²) in [6.45, 7) is 4.00. The molecule has 39 heavy (non-hydrogen) atoms. The van der Waals surface area contributed by atoms with Gasteiger partial charge in [0.15, 0.2) is 0 Å². The predicted molar refractivity (Wildman–Crippen MR) is 149 cm³/mol. The summed E-state index contributed by atoms with van der Waals surface area (Å²) in [6, 6.07) is 18.5. The van der Waals surface area contributed by atoms with Gasteiger partial charge in [0.1, 0.15) is 5.84 Å². The van der Waals surface area contributed by atoms with Crippen molar-refractivity contribution in [3.63, 3.8) is 0 Å². The molecule has 0 saturated carbocycles. The van der Waals surface area contributed by atoms with E-state index < -0.39 is 28.0 Å². The van der Waals surface area contributed by atoms with Crippen molar-refractivity contribution in [3.05, 3.63) is 89.5 Å². The Hall–Kier alpha value is -4.51. The highest BCUT2D eigenvalue weighted by molar-refractivity contribution is 7.86. The number of urea groups is 1. The Bertz CT molecular complexity index is 1490. The number of anilines is 1. The number of nitrogens with two attached hydrogens (primary N) is 1. The van der Waals surface area contributed by atoms with E-state index in [-0.39, 0.29) is 29.4 Å². The molecule has 0 heterocycles. The summed E-state index contributed by atoms with van der Waals surface area (Å²) >= 11 is 0. The van der Waals surface area contributed by atoms with Crippen molar-refractivity contribution in [2.75, 3.05) is 18.1 Å². The zero-order valence-corrected chi connectivity index (χ0v) is 22.6. The molecule has 0 aromatic heterocycles. The Kier molecular flexibility index (Phi) is 9.20. The number of imide groups is 1. The van der Waals surface area contributed by atoms with Crippen molar-refractivity contribution >= 4 is 39.5 Å². The van der Waals surface area contributed by atoms with E-state index in [1.165, 1.54) is 18.2 Å². The van der Waals surface area contributed by atoms with E-state index in [1.54, 1.807) is 54.6 Å². The second-order valence-corrected chi connectivity index (χ2v) is 10.8. The van der Waals surface area contributed by atoms with E-state index in [0.717, 1.165) is 11.2 Å². The molecular formula is C28H30N4O6S. The lowest BCUT2D eigenvalue weighted by Gasteiger charge is -2.23. The Balaban J connectivity index is 1.99. The highest BCUT2D eigenvalue weighted by Crippen LogP contribution is 2.27. The summed E-state index contributed by atoms with van der Waals surface area (Å²) in [4.78, 5) is 40.7. The van der Waals surface area contributed by atoms with E-state index in [1.807, 2.05) is 13.8 Å². The summed E-state index contributed by atoms with van der Waals surface area (Å²) in [5, 5.41) is 10.2. The average molecular weight is 551 g/mol. The summed E-state index contributed by atoms with van der Waals surface area (Å²) in [5.74, 6) is -1.76. The molecule has 3 aromatic carbocycles. The van der Waals surface area contributed by atoms with Gasteiger partial charge in [-0.3, -0.25) is 15.1 Å². The van der Waals surface area contributed by atoms with Crippen LogP contribution in [0.2, 0.25) is 0 Å². The number of hydrogen-bond acceptors (Lipinski definition) is 7. The van der Waals surface area contributed by atoms with Crippen LogP contribution < -0.4 is 11.1 Å². The number of amidine groups is 1. The van der Waals surface area contributed by atoms with Crippen molar-refractivity contribution in [2.24, 2.45) is 11.7 Å².